The van der Waals surface area contributed by atoms with E-state index in [1.54, 1.807) is 12.1 Å². The number of amides is 1. The molecule has 0 aliphatic carbocycles. The Balaban J connectivity index is 1.85. The topological polar surface area (TPSA) is 57.2 Å². The first-order chi connectivity index (χ1) is 13.0. The van der Waals surface area contributed by atoms with Gasteiger partial charge in [0, 0.05) is 46.2 Å². The van der Waals surface area contributed by atoms with Crippen molar-refractivity contribution in [1.82, 2.24) is 15.1 Å². The molecule has 0 unspecified atom stereocenters. The van der Waals surface area contributed by atoms with E-state index < -0.39 is 6.61 Å². The van der Waals surface area contributed by atoms with Crippen molar-refractivity contribution >= 4 is 11.9 Å². The largest absolute Gasteiger partial charge is 0.435 e. The number of nitrogens with one attached hydrogen (secondary N) is 1. The Morgan fingerprint density at radius 3 is 2.70 bits per heavy atom. The number of carbonyl (C=O) groups excluding carboxylic acids is 1. The number of hydrogen-bond acceptors (Lipinski definition) is 3. The number of carbonyl (C=O) groups is 1. The summed E-state index contributed by atoms with van der Waals surface area (Å²) >= 11 is 0. The SMILES string of the molecule is CCNC(=NCCCN1CCCC1=O)N(C)Cc1ccc(OC(F)F)cc1. The monoisotopic (exact) mass is 382 g/mol. The molecule has 27 heavy (non-hydrogen) atoms. The first kappa shape index (κ1) is 20.9. The second kappa shape index (κ2) is 10.7. The summed E-state index contributed by atoms with van der Waals surface area (Å²) < 4.78 is 28.8. The first-order valence-electron chi connectivity index (χ1n) is 9.30. The quantitative estimate of drug-likeness (QED) is 0.405. The Labute approximate surface area is 159 Å². The highest BCUT2D eigenvalue weighted by Gasteiger charge is 2.19. The van der Waals surface area contributed by atoms with Gasteiger partial charge in [-0.3, -0.25) is 9.79 Å². The van der Waals surface area contributed by atoms with Crippen LogP contribution in [0.15, 0.2) is 29.3 Å². The Bertz CT molecular complexity index is 623. The third-order valence-electron chi connectivity index (χ3n) is 4.28. The van der Waals surface area contributed by atoms with E-state index in [-0.39, 0.29) is 11.7 Å². The van der Waals surface area contributed by atoms with Crippen LogP contribution in [-0.2, 0) is 11.3 Å². The van der Waals surface area contributed by atoms with E-state index >= 15 is 0 Å². The Morgan fingerprint density at radius 2 is 2.11 bits per heavy atom. The molecule has 1 aliphatic rings. The van der Waals surface area contributed by atoms with Crippen LogP contribution in [0, 0.1) is 0 Å². The molecule has 1 aliphatic heterocycles. The van der Waals surface area contributed by atoms with Gasteiger partial charge in [0.05, 0.1) is 0 Å². The second-order valence-electron chi connectivity index (χ2n) is 6.45. The Morgan fingerprint density at radius 1 is 1.37 bits per heavy atom. The fraction of sp³-hybridized carbons (Fsp3) is 0.579. The van der Waals surface area contributed by atoms with Gasteiger partial charge in [-0.15, -0.1) is 0 Å². The van der Waals surface area contributed by atoms with Crippen molar-refractivity contribution in [3.05, 3.63) is 29.8 Å². The van der Waals surface area contributed by atoms with Crippen molar-refractivity contribution in [2.75, 3.05) is 33.2 Å². The highest BCUT2D eigenvalue weighted by molar-refractivity contribution is 5.79. The lowest BCUT2D eigenvalue weighted by Gasteiger charge is -2.22. The van der Waals surface area contributed by atoms with Gasteiger partial charge in [0.1, 0.15) is 5.75 Å². The number of likely N-dealkylation sites (tertiary alicyclic amines) is 1. The third-order valence-corrected chi connectivity index (χ3v) is 4.28. The molecule has 1 fully saturated rings. The number of nitrogens with zero attached hydrogens (tertiary/aromatic N) is 3. The number of guanidine groups is 1. The average molecular weight is 382 g/mol. The van der Waals surface area contributed by atoms with Crippen LogP contribution < -0.4 is 10.1 Å². The molecule has 0 spiro atoms. The molecule has 1 heterocycles. The molecule has 0 radical (unpaired) electrons. The highest BCUT2D eigenvalue weighted by Crippen LogP contribution is 2.16. The standard InChI is InChI=1S/C19H28F2N4O2/c1-3-22-19(23-11-5-13-25-12-4-6-17(25)26)24(2)14-15-7-9-16(10-8-15)27-18(20)21/h7-10,18H,3-6,11-14H2,1-2H3,(H,22,23). The highest BCUT2D eigenvalue weighted by atomic mass is 19.3. The number of ether oxygens (including phenoxy) is 1. The van der Waals surface area contributed by atoms with Gasteiger partial charge in [-0.25, -0.2) is 0 Å². The molecular weight excluding hydrogens is 354 g/mol. The molecule has 1 aromatic rings. The van der Waals surface area contributed by atoms with Gasteiger partial charge < -0.3 is 19.9 Å². The van der Waals surface area contributed by atoms with Crippen LogP contribution in [0.3, 0.4) is 0 Å². The Kier molecular flexibility index (Phi) is 8.29. The molecule has 2 rings (SSSR count). The third kappa shape index (κ3) is 7.03. The fourth-order valence-electron chi connectivity index (χ4n) is 2.98. The lowest BCUT2D eigenvalue weighted by atomic mass is 10.2. The Hall–Kier alpha value is -2.38. The number of halogens is 2. The molecule has 150 valence electrons. The smallest absolute Gasteiger partial charge is 0.387 e. The minimum atomic E-state index is -2.82. The van der Waals surface area contributed by atoms with Gasteiger partial charge in [0.25, 0.3) is 0 Å². The lowest BCUT2D eigenvalue weighted by molar-refractivity contribution is -0.127. The molecule has 8 heteroatoms. The van der Waals surface area contributed by atoms with Crippen molar-refractivity contribution in [3.8, 4) is 5.75 Å². The summed E-state index contributed by atoms with van der Waals surface area (Å²) in [6.07, 6.45) is 2.44. The zero-order valence-electron chi connectivity index (χ0n) is 16.0. The first-order valence-corrected chi connectivity index (χ1v) is 9.30. The van der Waals surface area contributed by atoms with Crippen LogP contribution in [0.25, 0.3) is 0 Å². The summed E-state index contributed by atoms with van der Waals surface area (Å²) in [6.45, 7) is 2.76. The number of alkyl halides is 2. The van der Waals surface area contributed by atoms with E-state index in [0.717, 1.165) is 44.0 Å². The normalized spacial score (nSPS) is 14.8. The van der Waals surface area contributed by atoms with Gasteiger partial charge in [0.15, 0.2) is 5.96 Å². The van der Waals surface area contributed by atoms with E-state index in [2.05, 4.69) is 15.0 Å². The van der Waals surface area contributed by atoms with E-state index in [1.807, 2.05) is 23.8 Å². The molecule has 1 N–H and O–H groups in total. The van der Waals surface area contributed by atoms with Gasteiger partial charge in [-0.2, -0.15) is 8.78 Å². The van der Waals surface area contributed by atoms with Crippen molar-refractivity contribution < 1.29 is 18.3 Å². The molecule has 0 atom stereocenters. The van der Waals surface area contributed by atoms with Crippen LogP contribution in [-0.4, -0.2) is 61.5 Å². The van der Waals surface area contributed by atoms with E-state index in [1.165, 1.54) is 12.1 Å². The maximum absolute atomic E-state index is 12.2. The predicted molar refractivity (Wildman–Crippen MR) is 101 cm³/mol. The van der Waals surface area contributed by atoms with Crippen molar-refractivity contribution in [2.24, 2.45) is 4.99 Å². The maximum atomic E-state index is 12.2. The van der Waals surface area contributed by atoms with Crippen LogP contribution in [0.2, 0.25) is 0 Å². The molecule has 1 aromatic carbocycles. The summed E-state index contributed by atoms with van der Waals surface area (Å²) in [5, 5.41) is 3.25. The van der Waals surface area contributed by atoms with Crippen LogP contribution in [0.4, 0.5) is 8.78 Å². The number of aliphatic imine (C=N–C) groups is 1. The number of hydrogen-bond donors (Lipinski definition) is 1. The van der Waals surface area contributed by atoms with E-state index in [9.17, 15) is 13.6 Å². The zero-order valence-corrected chi connectivity index (χ0v) is 16.0. The maximum Gasteiger partial charge on any atom is 0.387 e. The summed E-state index contributed by atoms with van der Waals surface area (Å²) in [7, 11) is 1.93. The molecule has 0 aromatic heterocycles. The molecule has 1 saturated heterocycles. The molecule has 0 saturated carbocycles. The minimum Gasteiger partial charge on any atom is -0.435 e. The van der Waals surface area contributed by atoms with Crippen LogP contribution >= 0.6 is 0 Å². The molecule has 0 bridgehead atoms. The van der Waals surface area contributed by atoms with E-state index in [4.69, 9.17) is 0 Å². The van der Waals surface area contributed by atoms with Crippen molar-refractivity contribution in [2.45, 2.75) is 39.3 Å². The van der Waals surface area contributed by atoms with E-state index in [0.29, 0.717) is 19.5 Å². The van der Waals surface area contributed by atoms with Crippen LogP contribution in [0.1, 0.15) is 31.7 Å². The van der Waals surface area contributed by atoms with Gasteiger partial charge in [-0.05, 0) is 37.5 Å². The predicted octanol–water partition coefficient (Wildman–Crippen LogP) is 2.70. The summed E-state index contributed by atoms with van der Waals surface area (Å²) in [5.74, 6) is 1.16. The van der Waals surface area contributed by atoms with Gasteiger partial charge in [-0.1, -0.05) is 12.1 Å². The van der Waals surface area contributed by atoms with Gasteiger partial charge in [0.2, 0.25) is 5.91 Å². The summed E-state index contributed by atoms with van der Waals surface area (Å²) in [5.41, 5.74) is 0.965. The fourth-order valence-corrected chi connectivity index (χ4v) is 2.98. The van der Waals surface area contributed by atoms with Gasteiger partial charge >= 0.3 is 6.61 Å². The minimum absolute atomic E-state index is 0.147. The van der Waals surface area contributed by atoms with Crippen LogP contribution in [0.5, 0.6) is 5.75 Å². The second-order valence-corrected chi connectivity index (χ2v) is 6.45. The molecule has 6 nitrogen and oxygen atoms in total. The van der Waals surface area contributed by atoms with Crippen molar-refractivity contribution in [3.63, 3.8) is 0 Å². The number of benzene rings is 1. The summed E-state index contributed by atoms with van der Waals surface area (Å²) in [4.78, 5) is 20.1. The zero-order chi connectivity index (χ0) is 19.6. The van der Waals surface area contributed by atoms with Crippen molar-refractivity contribution in [1.29, 1.82) is 0 Å². The average Bonchev–Trinajstić information content (AvgIpc) is 3.04. The number of rotatable bonds is 9. The summed E-state index contributed by atoms with van der Waals surface area (Å²) in [6, 6.07) is 6.59. The molecular formula is C19H28F2N4O2. The lowest BCUT2D eigenvalue weighted by Crippen LogP contribution is -2.38. The molecule has 1 amide bonds.